The molecule has 0 radical (unpaired) electrons. The second kappa shape index (κ2) is 6.92. The molecule has 1 N–H and O–H groups in total. The molecule has 154 valence electrons. The second-order valence-corrected chi connectivity index (χ2v) is 7.83. The highest BCUT2D eigenvalue weighted by atomic mass is 35.5. The molecule has 10 heteroatoms. The van der Waals surface area contributed by atoms with Gasteiger partial charge in [0.15, 0.2) is 0 Å². The highest BCUT2D eigenvalue weighted by Crippen LogP contribution is 2.37. The smallest absolute Gasteiger partial charge is 0.319 e. The van der Waals surface area contributed by atoms with E-state index in [9.17, 15) is 0 Å². The Morgan fingerprint density at radius 1 is 1.19 bits per heavy atom. The lowest BCUT2D eigenvalue weighted by Gasteiger charge is -2.32. The molecule has 5 aromatic heterocycles. The molecule has 0 saturated carbocycles. The highest BCUT2D eigenvalue weighted by molar-refractivity contribution is 6.33. The Bertz CT molecular complexity index is 1400. The monoisotopic (exact) mass is 432 g/mol. The van der Waals surface area contributed by atoms with Crippen LogP contribution in [0.2, 0.25) is 5.02 Å². The average Bonchev–Trinajstić information content (AvgIpc) is 3.52. The molecule has 1 unspecified atom stereocenters. The van der Waals surface area contributed by atoms with Gasteiger partial charge in [-0.2, -0.15) is 5.10 Å². The van der Waals surface area contributed by atoms with Crippen molar-refractivity contribution in [2.45, 2.75) is 19.4 Å². The summed E-state index contributed by atoms with van der Waals surface area (Å²) in [6, 6.07) is 9.65. The lowest BCUT2D eigenvalue weighted by molar-refractivity contribution is 0.502. The van der Waals surface area contributed by atoms with Crippen LogP contribution in [0.15, 0.2) is 53.5 Å². The highest BCUT2D eigenvalue weighted by Gasteiger charge is 2.36. The first-order chi connectivity index (χ1) is 15.2. The average molecular weight is 433 g/mol. The molecule has 0 saturated heterocycles. The van der Waals surface area contributed by atoms with E-state index in [2.05, 4.69) is 25.1 Å². The maximum Gasteiger partial charge on any atom is 0.319 e. The Balaban J connectivity index is 1.46. The maximum absolute atomic E-state index is 6.38. The van der Waals surface area contributed by atoms with E-state index in [0.717, 1.165) is 34.6 Å². The predicted octanol–water partition coefficient (Wildman–Crippen LogP) is 3.62. The third kappa shape index (κ3) is 2.89. The standard InChI is InChI=1S/C21H17ClN8O/c1-12-4-2-7-23-17(12)20-26-27-21(31-20)29-9-6-14-18(25-11-24-14)19(29)15-10-16-13(22)5-3-8-30(16)28-15/h2-5,7-8,10-11,19H,6,9H2,1H3,(H,24,25). The lowest BCUT2D eigenvalue weighted by atomic mass is 10.0. The Hall–Kier alpha value is -3.72. The summed E-state index contributed by atoms with van der Waals surface area (Å²) >= 11 is 6.38. The van der Waals surface area contributed by atoms with Gasteiger partial charge >= 0.3 is 6.01 Å². The summed E-state index contributed by atoms with van der Waals surface area (Å²) in [4.78, 5) is 14.2. The number of pyridine rings is 2. The first kappa shape index (κ1) is 18.1. The van der Waals surface area contributed by atoms with E-state index in [1.54, 1.807) is 17.0 Å². The molecule has 1 atom stereocenters. The summed E-state index contributed by atoms with van der Waals surface area (Å²) in [5.74, 6) is 0.387. The topological polar surface area (TPSA) is 101 Å². The van der Waals surface area contributed by atoms with Crippen molar-refractivity contribution in [1.82, 2.24) is 34.8 Å². The molecular weight excluding hydrogens is 416 g/mol. The second-order valence-electron chi connectivity index (χ2n) is 7.43. The van der Waals surface area contributed by atoms with Gasteiger partial charge in [-0.15, -0.1) is 5.10 Å². The van der Waals surface area contributed by atoms with Crippen molar-refractivity contribution in [2.24, 2.45) is 0 Å². The number of imidazole rings is 1. The van der Waals surface area contributed by atoms with Gasteiger partial charge in [0.25, 0.3) is 5.89 Å². The molecule has 31 heavy (non-hydrogen) atoms. The van der Waals surface area contributed by atoms with Gasteiger partial charge in [0.2, 0.25) is 0 Å². The van der Waals surface area contributed by atoms with Crippen LogP contribution in [0.25, 0.3) is 17.1 Å². The molecule has 9 nitrogen and oxygen atoms in total. The largest absolute Gasteiger partial charge is 0.402 e. The molecule has 0 amide bonds. The fourth-order valence-electron chi connectivity index (χ4n) is 4.05. The number of H-pyrrole nitrogens is 1. The van der Waals surface area contributed by atoms with Gasteiger partial charge in [-0.3, -0.25) is 4.98 Å². The number of anilines is 1. The first-order valence-electron chi connectivity index (χ1n) is 9.87. The number of aromatic nitrogens is 7. The summed E-state index contributed by atoms with van der Waals surface area (Å²) in [5, 5.41) is 14.0. The minimum absolute atomic E-state index is 0.288. The molecule has 1 aliphatic rings. The number of aromatic amines is 1. The molecule has 5 aromatic rings. The van der Waals surface area contributed by atoms with Gasteiger partial charge in [0.05, 0.1) is 28.3 Å². The van der Waals surface area contributed by atoms with Crippen LogP contribution in [0, 0.1) is 6.92 Å². The molecule has 6 heterocycles. The van der Waals surface area contributed by atoms with Gasteiger partial charge in [-0.25, -0.2) is 9.50 Å². The Kier molecular flexibility index (Phi) is 4.03. The molecule has 0 aliphatic carbocycles. The van der Waals surface area contributed by atoms with Crippen molar-refractivity contribution < 1.29 is 4.42 Å². The van der Waals surface area contributed by atoms with Crippen molar-refractivity contribution in [1.29, 1.82) is 0 Å². The molecular formula is C21H17ClN8O. The molecule has 0 bridgehead atoms. The van der Waals surface area contributed by atoms with E-state index >= 15 is 0 Å². The number of hydrogen-bond acceptors (Lipinski definition) is 7. The van der Waals surface area contributed by atoms with Crippen LogP contribution in [0.5, 0.6) is 0 Å². The van der Waals surface area contributed by atoms with Gasteiger partial charge in [-0.1, -0.05) is 22.8 Å². The van der Waals surface area contributed by atoms with Crippen LogP contribution in [0.3, 0.4) is 0 Å². The van der Waals surface area contributed by atoms with Crippen molar-refractivity contribution >= 4 is 23.1 Å². The first-order valence-corrected chi connectivity index (χ1v) is 10.2. The number of hydrogen-bond donors (Lipinski definition) is 1. The summed E-state index contributed by atoms with van der Waals surface area (Å²) in [6.07, 6.45) is 6.07. The van der Waals surface area contributed by atoms with Gasteiger partial charge in [0.1, 0.15) is 11.7 Å². The van der Waals surface area contributed by atoms with E-state index in [0.29, 0.717) is 29.2 Å². The van der Waals surface area contributed by atoms with E-state index in [1.165, 1.54) is 0 Å². The van der Waals surface area contributed by atoms with Gasteiger partial charge < -0.3 is 14.3 Å². The molecule has 0 spiro atoms. The predicted molar refractivity (Wildman–Crippen MR) is 114 cm³/mol. The van der Waals surface area contributed by atoms with Crippen LogP contribution in [-0.2, 0) is 6.42 Å². The Morgan fingerprint density at radius 2 is 2.13 bits per heavy atom. The van der Waals surface area contributed by atoms with E-state index < -0.39 is 0 Å². The van der Waals surface area contributed by atoms with Crippen LogP contribution >= 0.6 is 11.6 Å². The zero-order valence-electron chi connectivity index (χ0n) is 16.5. The SMILES string of the molecule is Cc1cccnc1-c1nnc(N2CCc3[nH]cnc3C2c2cc3c(Cl)cccn3n2)o1. The zero-order chi connectivity index (χ0) is 20.9. The maximum atomic E-state index is 6.38. The van der Waals surface area contributed by atoms with Crippen LogP contribution in [-0.4, -0.2) is 41.3 Å². The summed E-state index contributed by atoms with van der Waals surface area (Å²) < 4.78 is 7.84. The molecule has 0 aromatic carbocycles. The Labute approximate surface area is 181 Å². The van der Waals surface area contributed by atoms with Crippen molar-refractivity contribution in [3.05, 3.63) is 76.7 Å². The fourth-order valence-corrected chi connectivity index (χ4v) is 4.27. The minimum Gasteiger partial charge on any atom is -0.402 e. The van der Waals surface area contributed by atoms with Crippen LogP contribution < -0.4 is 4.90 Å². The number of nitrogens with zero attached hydrogens (tertiary/aromatic N) is 7. The summed E-state index contributed by atoms with van der Waals surface area (Å²) in [6.45, 7) is 2.64. The number of rotatable bonds is 3. The van der Waals surface area contributed by atoms with E-state index in [1.807, 2.05) is 48.4 Å². The van der Waals surface area contributed by atoms with Crippen LogP contribution in [0.1, 0.15) is 28.7 Å². The summed E-state index contributed by atoms with van der Waals surface area (Å²) in [7, 11) is 0. The third-order valence-electron chi connectivity index (χ3n) is 5.55. The normalized spacial score (nSPS) is 16.1. The lowest BCUT2D eigenvalue weighted by Crippen LogP contribution is -2.36. The van der Waals surface area contributed by atoms with Crippen molar-refractivity contribution in [3.63, 3.8) is 0 Å². The van der Waals surface area contributed by atoms with Crippen molar-refractivity contribution in [3.8, 4) is 11.6 Å². The Morgan fingerprint density at radius 3 is 3.00 bits per heavy atom. The van der Waals surface area contributed by atoms with E-state index in [4.69, 9.17) is 21.1 Å². The molecule has 0 fully saturated rings. The fraction of sp³-hybridized carbons (Fsp3) is 0.190. The quantitative estimate of drug-likeness (QED) is 0.464. The van der Waals surface area contributed by atoms with Gasteiger partial charge in [-0.05, 0) is 36.8 Å². The number of halogens is 1. The third-order valence-corrected chi connectivity index (χ3v) is 5.87. The molecule has 1 aliphatic heterocycles. The molecule has 6 rings (SSSR count). The van der Waals surface area contributed by atoms with E-state index in [-0.39, 0.29) is 6.04 Å². The summed E-state index contributed by atoms with van der Waals surface area (Å²) in [5.41, 5.74) is 5.24. The minimum atomic E-state index is -0.288. The zero-order valence-corrected chi connectivity index (χ0v) is 17.3. The van der Waals surface area contributed by atoms with Crippen LogP contribution in [0.4, 0.5) is 6.01 Å². The number of nitrogens with one attached hydrogen (secondary N) is 1. The number of fused-ring (bicyclic) bond motifs is 2. The number of aryl methyl sites for hydroxylation is 1. The van der Waals surface area contributed by atoms with Gasteiger partial charge in [0, 0.05) is 31.1 Å². The van der Waals surface area contributed by atoms with Crippen molar-refractivity contribution in [2.75, 3.05) is 11.4 Å².